The van der Waals surface area contributed by atoms with Gasteiger partial charge in [-0.3, -0.25) is 9.69 Å². The van der Waals surface area contributed by atoms with Gasteiger partial charge in [0, 0.05) is 36.1 Å². The van der Waals surface area contributed by atoms with Crippen molar-refractivity contribution >= 4 is 60.1 Å². The first-order chi connectivity index (χ1) is 13.6. The Labute approximate surface area is 183 Å². The Morgan fingerprint density at radius 2 is 1.97 bits per heavy atom. The van der Waals surface area contributed by atoms with E-state index >= 15 is 0 Å². The lowest BCUT2D eigenvalue weighted by molar-refractivity contribution is -0.120. The van der Waals surface area contributed by atoms with E-state index in [1.165, 1.54) is 3.97 Å². The van der Waals surface area contributed by atoms with E-state index in [-0.39, 0.29) is 12.3 Å². The lowest BCUT2D eigenvalue weighted by Gasteiger charge is -2.33. The van der Waals surface area contributed by atoms with Crippen molar-refractivity contribution in [2.45, 2.75) is 18.1 Å². The monoisotopic (exact) mass is 497 g/mol. The molecule has 29 heavy (non-hydrogen) atoms. The molecule has 1 fully saturated rings. The second-order valence-electron chi connectivity index (χ2n) is 7.72. The molecule has 1 aliphatic carbocycles. The molecule has 2 aromatic rings. The predicted molar refractivity (Wildman–Crippen MR) is 120 cm³/mol. The van der Waals surface area contributed by atoms with Crippen LogP contribution in [0.2, 0.25) is 0 Å². The highest BCUT2D eigenvalue weighted by Crippen LogP contribution is 2.40. The van der Waals surface area contributed by atoms with Gasteiger partial charge in [-0.1, -0.05) is 39.7 Å². The Hall–Kier alpha value is -1.61. The van der Waals surface area contributed by atoms with Gasteiger partial charge in [0.15, 0.2) is 0 Å². The number of allylic oxidation sites excluding steroid dienone is 3. The Bertz CT molecular complexity index is 1170. The molecule has 1 aromatic heterocycles. The van der Waals surface area contributed by atoms with Crippen LogP contribution in [0.3, 0.4) is 0 Å². The van der Waals surface area contributed by atoms with Gasteiger partial charge in [-0.25, -0.2) is 12.4 Å². The van der Waals surface area contributed by atoms with Crippen LogP contribution in [0.15, 0.2) is 52.1 Å². The van der Waals surface area contributed by atoms with Crippen LogP contribution in [0.1, 0.15) is 13.3 Å². The molecule has 0 spiro atoms. The normalized spacial score (nSPS) is 24.0. The van der Waals surface area contributed by atoms with Crippen LogP contribution >= 0.6 is 27.5 Å². The molecule has 2 aliphatic rings. The number of halogens is 2. The zero-order valence-electron chi connectivity index (χ0n) is 16.1. The van der Waals surface area contributed by atoms with Crippen molar-refractivity contribution in [3.05, 3.63) is 52.1 Å². The molecule has 0 bridgehead atoms. The van der Waals surface area contributed by atoms with Crippen LogP contribution in [0, 0.1) is 0 Å². The summed E-state index contributed by atoms with van der Waals surface area (Å²) >= 11 is 9.60. The second-order valence-corrected chi connectivity index (χ2v) is 11.5. The van der Waals surface area contributed by atoms with Crippen molar-refractivity contribution in [3.8, 4) is 0 Å². The maximum Gasteiger partial charge on any atom is 0.248 e. The maximum absolute atomic E-state index is 13.7. The van der Waals surface area contributed by atoms with E-state index in [4.69, 9.17) is 11.6 Å². The molecule has 1 saturated heterocycles. The number of nitrogens with zero attached hydrogens (tertiary/aromatic N) is 3. The summed E-state index contributed by atoms with van der Waals surface area (Å²) < 4.78 is 28.3. The molecular formula is C20H21BrClN3O3S. The lowest BCUT2D eigenvalue weighted by atomic mass is 10.0. The first kappa shape index (κ1) is 20.7. The molecule has 4 rings (SSSR count). The number of aromatic nitrogens is 1. The van der Waals surface area contributed by atoms with Crippen molar-refractivity contribution in [2.75, 3.05) is 31.6 Å². The van der Waals surface area contributed by atoms with Gasteiger partial charge in [0.25, 0.3) is 0 Å². The number of hydrogen-bond donors (Lipinski definition) is 0. The van der Waals surface area contributed by atoms with Gasteiger partial charge in [-0.05, 0) is 42.7 Å². The minimum absolute atomic E-state index is 0.0473. The predicted octanol–water partition coefficient (Wildman–Crippen LogP) is 3.66. The minimum Gasteiger partial charge on any atom is -0.308 e. The Morgan fingerprint density at radius 3 is 2.66 bits per heavy atom. The zero-order valence-corrected chi connectivity index (χ0v) is 19.3. The first-order valence-electron chi connectivity index (χ1n) is 9.21. The van der Waals surface area contributed by atoms with Gasteiger partial charge < -0.3 is 4.90 Å². The summed E-state index contributed by atoms with van der Waals surface area (Å²) in [6.45, 7) is 3.20. The largest absolute Gasteiger partial charge is 0.308 e. The number of fused-ring (bicyclic) bond motifs is 1. The third-order valence-electron chi connectivity index (χ3n) is 5.46. The first-order valence-corrected chi connectivity index (χ1v) is 11.8. The van der Waals surface area contributed by atoms with Gasteiger partial charge >= 0.3 is 0 Å². The summed E-state index contributed by atoms with van der Waals surface area (Å²) in [7, 11) is -1.97. The highest BCUT2D eigenvalue weighted by molar-refractivity contribution is 9.11. The van der Waals surface area contributed by atoms with Gasteiger partial charge in [0.05, 0.1) is 17.7 Å². The maximum atomic E-state index is 13.7. The molecule has 154 valence electrons. The van der Waals surface area contributed by atoms with Gasteiger partial charge in [0.2, 0.25) is 15.9 Å². The van der Waals surface area contributed by atoms with E-state index in [2.05, 4.69) is 15.9 Å². The molecule has 2 heterocycles. The lowest BCUT2D eigenvalue weighted by Crippen LogP contribution is -2.49. The third-order valence-corrected chi connectivity index (χ3v) is 8.45. The fraction of sp³-hybridized carbons (Fsp3) is 0.350. The number of likely N-dealkylation sites (N-methyl/N-ethyl adjacent to an activating group) is 1. The van der Waals surface area contributed by atoms with Gasteiger partial charge in [-0.15, -0.1) is 0 Å². The number of hydrogen-bond acceptors (Lipinski definition) is 4. The van der Waals surface area contributed by atoms with E-state index in [0.717, 1.165) is 16.4 Å². The third kappa shape index (κ3) is 3.46. The van der Waals surface area contributed by atoms with Crippen LogP contribution in [0.4, 0.5) is 5.69 Å². The van der Waals surface area contributed by atoms with Crippen molar-refractivity contribution < 1.29 is 13.2 Å². The van der Waals surface area contributed by atoms with Gasteiger partial charge in [-0.2, -0.15) is 0 Å². The summed E-state index contributed by atoms with van der Waals surface area (Å²) in [5.41, 5.74) is 1.13. The Morgan fingerprint density at radius 1 is 1.21 bits per heavy atom. The molecule has 0 N–H and O–H groups in total. The number of anilines is 1. The number of piperazine rings is 1. The van der Waals surface area contributed by atoms with E-state index in [0.29, 0.717) is 29.3 Å². The van der Waals surface area contributed by atoms with E-state index in [1.807, 2.05) is 24.1 Å². The second kappa shape index (κ2) is 7.27. The van der Waals surface area contributed by atoms with Gasteiger partial charge in [0.1, 0.15) is 4.75 Å². The molecular weight excluding hydrogens is 478 g/mol. The summed E-state index contributed by atoms with van der Waals surface area (Å²) in [6, 6.07) is 7.27. The summed E-state index contributed by atoms with van der Waals surface area (Å²) in [6.07, 6.45) is 5.12. The minimum atomic E-state index is -3.86. The SMILES string of the molecule is CN1CCN(c2cccc3ccn(S(=O)(=O)C4(C)C=C(Cl)C=C(Br)C4)c23)C(=O)C1. The average molecular weight is 499 g/mol. The standard InChI is InChI=1S/C20H21BrClN3O3S/c1-20(11-15(21)10-16(22)12-20)29(27,28)25-7-6-14-4-3-5-17(19(14)25)24-9-8-23(2)13-18(24)26/h3-7,10,12H,8-9,11,13H2,1-2H3. The van der Waals surface area contributed by atoms with Crippen LogP contribution in [0.25, 0.3) is 10.9 Å². The molecule has 1 unspecified atom stereocenters. The fourth-order valence-corrected chi connectivity index (χ4v) is 7.23. The number of carbonyl (C=O) groups excluding carboxylic acids is 1. The summed E-state index contributed by atoms with van der Waals surface area (Å²) in [5.74, 6) is -0.0473. The molecule has 9 heteroatoms. The smallest absolute Gasteiger partial charge is 0.248 e. The van der Waals surface area contributed by atoms with Crippen molar-refractivity contribution in [1.29, 1.82) is 0 Å². The van der Waals surface area contributed by atoms with Crippen molar-refractivity contribution in [2.24, 2.45) is 0 Å². The molecule has 6 nitrogen and oxygen atoms in total. The van der Waals surface area contributed by atoms with Crippen molar-refractivity contribution in [1.82, 2.24) is 8.87 Å². The van der Waals surface area contributed by atoms with E-state index in [9.17, 15) is 13.2 Å². The average Bonchev–Trinajstić information content (AvgIpc) is 3.05. The summed E-state index contributed by atoms with van der Waals surface area (Å²) in [5, 5.41) is 1.14. The summed E-state index contributed by atoms with van der Waals surface area (Å²) in [4.78, 5) is 16.3. The topological polar surface area (TPSA) is 62.6 Å². The zero-order chi connectivity index (χ0) is 21.0. The molecule has 1 aliphatic heterocycles. The highest BCUT2D eigenvalue weighted by Gasteiger charge is 2.42. The highest BCUT2D eigenvalue weighted by atomic mass is 79.9. The number of para-hydroxylation sites is 1. The van der Waals surface area contributed by atoms with E-state index in [1.54, 1.807) is 42.3 Å². The number of benzene rings is 1. The number of amides is 1. The molecule has 1 aromatic carbocycles. The Kier molecular flexibility index (Phi) is 5.17. The van der Waals surface area contributed by atoms with E-state index < -0.39 is 14.8 Å². The van der Waals surface area contributed by atoms with Crippen LogP contribution < -0.4 is 4.90 Å². The van der Waals surface area contributed by atoms with Crippen LogP contribution in [0.5, 0.6) is 0 Å². The number of carbonyl (C=O) groups is 1. The van der Waals surface area contributed by atoms with Crippen LogP contribution in [-0.2, 0) is 14.8 Å². The van der Waals surface area contributed by atoms with Crippen molar-refractivity contribution in [3.63, 3.8) is 0 Å². The van der Waals surface area contributed by atoms with Crippen LogP contribution in [-0.4, -0.2) is 54.6 Å². The number of rotatable bonds is 3. The molecule has 0 saturated carbocycles. The quantitative estimate of drug-likeness (QED) is 0.648. The fourth-order valence-electron chi connectivity index (χ4n) is 3.92. The molecule has 0 radical (unpaired) electrons. The Balaban J connectivity index is 1.88. The molecule has 1 atom stereocenters. The molecule has 1 amide bonds.